The predicted molar refractivity (Wildman–Crippen MR) is 89.0 cm³/mol. The van der Waals surface area contributed by atoms with Crippen LogP contribution in [0.5, 0.6) is 0 Å². The molecule has 0 saturated carbocycles. The summed E-state index contributed by atoms with van der Waals surface area (Å²) in [6, 6.07) is 7.60. The highest BCUT2D eigenvalue weighted by molar-refractivity contribution is 6.09. The number of hydrogen-bond donors (Lipinski definition) is 1. The Morgan fingerprint density at radius 2 is 2.00 bits per heavy atom. The molecule has 0 fully saturated rings. The second-order valence-electron chi connectivity index (χ2n) is 6.33. The number of hydrogen-bond acceptors (Lipinski definition) is 3. The summed E-state index contributed by atoms with van der Waals surface area (Å²) in [6.45, 7) is 6.58. The normalized spacial score (nSPS) is 16.0. The number of fused-ring (bicyclic) bond motifs is 1. The summed E-state index contributed by atoms with van der Waals surface area (Å²) < 4.78 is 0. The Morgan fingerprint density at radius 1 is 1.32 bits per heavy atom. The van der Waals surface area contributed by atoms with Gasteiger partial charge in [0, 0.05) is 13.6 Å². The lowest BCUT2D eigenvalue weighted by Gasteiger charge is -2.40. The van der Waals surface area contributed by atoms with Crippen molar-refractivity contribution in [2.45, 2.75) is 39.2 Å². The Morgan fingerprint density at radius 3 is 2.68 bits per heavy atom. The van der Waals surface area contributed by atoms with Crippen LogP contribution in [0.2, 0.25) is 0 Å². The van der Waals surface area contributed by atoms with E-state index in [-0.39, 0.29) is 18.4 Å². The van der Waals surface area contributed by atoms with Crippen molar-refractivity contribution in [2.75, 3.05) is 30.4 Å². The lowest BCUT2D eigenvalue weighted by atomic mass is 9.98. The van der Waals surface area contributed by atoms with Gasteiger partial charge >= 0.3 is 0 Å². The van der Waals surface area contributed by atoms with Crippen LogP contribution in [0.15, 0.2) is 24.3 Å². The van der Waals surface area contributed by atoms with Crippen LogP contribution in [-0.2, 0) is 9.59 Å². The second-order valence-corrected chi connectivity index (χ2v) is 6.33. The molecule has 0 saturated heterocycles. The molecule has 1 N–H and O–H groups in total. The third-order valence-corrected chi connectivity index (χ3v) is 3.99. The summed E-state index contributed by atoms with van der Waals surface area (Å²) >= 11 is 0. The average molecular weight is 303 g/mol. The highest BCUT2D eigenvalue weighted by Crippen LogP contribution is 2.34. The minimum Gasteiger partial charge on any atom is -0.370 e. The third kappa shape index (κ3) is 3.24. The predicted octanol–water partition coefficient (Wildman–Crippen LogP) is 2.48. The molecule has 5 nitrogen and oxygen atoms in total. The standard InChI is InChI=1S/C17H25N3O2/c1-5-6-11-19(4)15(21)12-20-14-10-8-7-9-13(14)18-17(2,3)16(20)22/h7-10,18H,5-6,11-12H2,1-4H3. The highest BCUT2D eigenvalue weighted by Gasteiger charge is 2.39. The summed E-state index contributed by atoms with van der Waals surface area (Å²) in [5, 5.41) is 3.24. The van der Waals surface area contributed by atoms with Gasteiger partial charge in [0.25, 0.3) is 5.91 Å². The van der Waals surface area contributed by atoms with Crippen molar-refractivity contribution in [1.82, 2.24) is 4.90 Å². The van der Waals surface area contributed by atoms with E-state index in [9.17, 15) is 9.59 Å². The number of carbonyl (C=O) groups excluding carboxylic acids is 2. The van der Waals surface area contributed by atoms with E-state index in [0.29, 0.717) is 0 Å². The summed E-state index contributed by atoms with van der Waals surface area (Å²) in [4.78, 5) is 28.4. The Hall–Kier alpha value is -2.04. The fraction of sp³-hybridized carbons (Fsp3) is 0.529. The number of anilines is 2. The van der Waals surface area contributed by atoms with Crippen LogP contribution < -0.4 is 10.2 Å². The van der Waals surface area contributed by atoms with E-state index in [1.165, 1.54) is 0 Å². The van der Waals surface area contributed by atoms with Gasteiger partial charge in [-0.25, -0.2) is 0 Å². The molecule has 0 unspecified atom stereocenters. The van der Waals surface area contributed by atoms with Crippen LogP contribution in [0.1, 0.15) is 33.6 Å². The van der Waals surface area contributed by atoms with Crippen LogP contribution in [0.25, 0.3) is 0 Å². The number of para-hydroxylation sites is 2. The van der Waals surface area contributed by atoms with E-state index in [0.717, 1.165) is 30.8 Å². The molecular weight excluding hydrogens is 278 g/mol. The quantitative estimate of drug-likeness (QED) is 0.909. The molecule has 1 heterocycles. The molecule has 0 aliphatic carbocycles. The summed E-state index contributed by atoms with van der Waals surface area (Å²) in [7, 11) is 1.79. The van der Waals surface area contributed by atoms with Gasteiger partial charge in [-0.2, -0.15) is 0 Å². The maximum Gasteiger partial charge on any atom is 0.252 e. The number of nitrogens with one attached hydrogen (secondary N) is 1. The number of likely N-dealkylation sites (N-methyl/N-ethyl adjacent to an activating group) is 1. The monoisotopic (exact) mass is 303 g/mol. The number of carbonyl (C=O) groups is 2. The van der Waals surface area contributed by atoms with E-state index >= 15 is 0 Å². The van der Waals surface area contributed by atoms with Crippen molar-refractivity contribution in [3.63, 3.8) is 0 Å². The Labute approximate surface area is 132 Å². The van der Waals surface area contributed by atoms with Crippen LogP contribution in [-0.4, -0.2) is 42.4 Å². The van der Waals surface area contributed by atoms with Gasteiger partial charge in [0.15, 0.2) is 0 Å². The van der Waals surface area contributed by atoms with Crippen LogP contribution in [0, 0.1) is 0 Å². The first-order valence-corrected chi connectivity index (χ1v) is 7.80. The third-order valence-electron chi connectivity index (χ3n) is 3.99. The summed E-state index contributed by atoms with van der Waals surface area (Å²) in [6.07, 6.45) is 2.01. The van der Waals surface area contributed by atoms with Crippen LogP contribution in [0.4, 0.5) is 11.4 Å². The second kappa shape index (κ2) is 6.38. The van der Waals surface area contributed by atoms with Gasteiger partial charge in [-0.15, -0.1) is 0 Å². The van der Waals surface area contributed by atoms with E-state index in [2.05, 4.69) is 12.2 Å². The maximum atomic E-state index is 12.7. The summed E-state index contributed by atoms with van der Waals surface area (Å²) in [5.74, 6) is -0.113. The Balaban J connectivity index is 2.21. The number of benzene rings is 1. The van der Waals surface area contributed by atoms with Gasteiger partial charge in [0.05, 0.1) is 11.4 Å². The van der Waals surface area contributed by atoms with Gasteiger partial charge in [-0.05, 0) is 32.4 Å². The zero-order valence-corrected chi connectivity index (χ0v) is 13.8. The highest BCUT2D eigenvalue weighted by atomic mass is 16.2. The molecule has 22 heavy (non-hydrogen) atoms. The number of unbranched alkanes of at least 4 members (excludes halogenated alkanes) is 1. The first kappa shape index (κ1) is 16.3. The van der Waals surface area contributed by atoms with Gasteiger partial charge < -0.3 is 10.2 Å². The lowest BCUT2D eigenvalue weighted by molar-refractivity contribution is -0.131. The molecule has 0 radical (unpaired) electrons. The smallest absolute Gasteiger partial charge is 0.252 e. The molecule has 5 heteroatoms. The Bertz CT molecular complexity index is 569. The van der Waals surface area contributed by atoms with Gasteiger partial charge in [0.1, 0.15) is 12.1 Å². The van der Waals surface area contributed by atoms with Gasteiger partial charge in [-0.1, -0.05) is 25.5 Å². The Kier molecular flexibility index (Phi) is 4.74. The summed E-state index contributed by atoms with van der Waals surface area (Å²) in [5.41, 5.74) is 0.941. The minimum atomic E-state index is -0.712. The van der Waals surface area contributed by atoms with Crippen molar-refractivity contribution < 1.29 is 9.59 Å². The fourth-order valence-corrected chi connectivity index (χ4v) is 2.58. The molecule has 2 amide bonds. The van der Waals surface area contributed by atoms with E-state index in [4.69, 9.17) is 0 Å². The van der Waals surface area contributed by atoms with E-state index in [1.54, 1.807) is 16.8 Å². The van der Waals surface area contributed by atoms with Gasteiger partial charge in [-0.3, -0.25) is 14.5 Å². The zero-order valence-electron chi connectivity index (χ0n) is 13.8. The molecule has 1 aromatic carbocycles. The molecule has 1 aliphatic heterocycles. The minimum absolute atomic E-state index is 0.0331. The van der Waals surface area contributed by atoms with Crippen molar-refractivity contribution in [1.29, 1.82) is 0 Å². The largest absolute Gasteiger partial charge is 0.370 e. The van der Waals surface area contributed by atoms with E-state index < -0.39 is 5.54 Å². The first-order valence-electron chi connectivity index (χ1n) is 7.80. The van der Waals surface area contributed by atoms with Gasteiger partial charge in [0.2, 0.25) is 5.91 Å². The molecule has 1 aromatic rings. The molecule has 2 rings (SSSR count). The topological polar surface area (TPSA) is 52.7 Å². The van der Waals surface area contributed by atoms with Crippen LogP contribution in [0.3, 0.4) is 0 Å². The molecule has 0 atom stereocenters. The number of rotatable bonds is 5. The zero-order chi connectivity index (χ0) is 16.3. The van der Waals surface area contributed by atoms with Crippen molar-refractivity contribution in [3.05, 3.63) is 24.3 Å². The average Bonchev–Trinajstić information content (AvgIpc) is 2.48. The SMILES string of the molecule is CCCCN(C)C(=O)CN1C(=O)C(C)(C)Nc2ccccc21. The molecule has 0 bridgehead atoms. The molecule has 120 valence electrons. The molecule has 1 aliphatic rings. The molecule has 0 spiro atoms. The van der Waals surface area contributed by atoms with Crippen molar-refractivity contribution >= 4 is 23.2 Å². The lowest BCUT2D eigenvalue weighted by Crippen LogP contribution is -2.56. The number of nitrogens with zero attached hydrogens (tertiary/aromatic N) is 2. The molecule has 0 aromatic heterocycles. The molecular formula is C17H25N3O2. The van der Waals surface area contributed by atoms with Crippen molar-refractivity contribution in [2.24, 2.45) is 0 Å². The first-order chi connectivity index (χ1) is 10.4. The number of amides is 2. The van der Waals surface area contributed by atoms with Crippen LogP contribution >= 0.6 is 0 Å². The maximum absolute atomic E-state index is 12.7. The van der Waals surface area contributed by atoms with E-state index in [1.807, 2.05) is 38.1 Å². The van der Waals surface area contributed by atoms with Crippen molar-refractivity contribution in [3.8, 4) is 0 Å². The fourth-order valence-electron chi connectivity index (χ4n) is 2.58.